The van der Waals surface area contributed by atoms with Crippen LogP contribution in [0.2, 0.25) is 0 Å². The second kappa shape index (κ2) is 4.52. The van der Waals surface area contributed by atoms with Crippen LogP contribution in [0.15, 0.2) is 11.1 Å². The van der Waals surface area contributed by atoms with Crippen molar-refractivity contribution in [3.8, 4) is 0 Å². The van der Waals surface area contributed by atoms with Crippen LogP contribution in [0.1, 0.15) is 65.2 Å². The minimum atomic E-state index is -1.38. The number of carbonyl (C=O) groups is 1. The normalized spacial score (nSPS) is 55.6. The Morgan fingerprint density at radius 2 is 2.08 bits per heavy atom. The zero-order valence-electron chi connectivity index (χ0n) is 14.9. The Morgan fingerprint density at radius 1 is 1.29 bits per heavy atom. The van der Waals surface area contributed by atoms with Gasteiger partial charge in [-0.05, 0) is 67.6 Å². The number of alkyl halides is 1. The molecule has 3 fully saturated rings. The molecule has 0 aromatic heterocycles. The summed E-state index contributed by atoms with van der Waals surface area (Å²) in [5.41, 5.74) is 1.41. The van der Waals surface area contributed by atoms with E-state index >= 15 is 4.39 Å². The predicted molar refractivity (Wildman–Crippen MR) is 90.1 cm³/mol. The van der Waals surface area contributed by atoms with Crippen LogP contribution in [0.3, 0.4) is 0 Å². The van der Waals surface area contributed by atoms with Crippen molar-refractivity contribution in [3.63, 3.8) is 0 Å². The van der Waals surface area contributed by atoms with E-state index in [-0.39, 0.29) is 17.4 Å². The molecule has 0 aliphatic heterocycles. The van der Waals surface area contributed by atoms with Gasteiger partial charge in [0, 0.05) is 18.3 Å². The first-order chi connectivity index (χ1) is 11.4. The van der Waals surface area contributed by atoms with Crippen molar-refractivity contribution in [1.29, 1.82) is 0 Å². The standard InChI is InChI=1S/C21H29FO2/c1-12-7-13-8-15(24)3-4-16(13)17-5-6-19(2)20(22,11-23)9-14-10-21(14,19)18(12)17/h12,14,17-18,23H,3-11H2,1-2H3/t12?,14?,17-,18-,19-,20?,21+/m1/s1. The summed E-state index contributed by atoms with van der Waals surface area (Å²) in [5.74, 6) is 2.58. The molecule has 2 nitrogen and oxygen atoms in total. The highest BCUT2D eigenvalue weighted by molar-refractivity contribution is 5.82. The summed E-state index contributed by atoms with van der Waals surface area (Å²) in [4.78, 5) is 11.9. The Morgan fingerprint density at radius 3 is 2.83 bits per heavy atom. The number of fused-ring (bicyclic) bond motifs is 2. The second-order valence-corrected chi connectivity index (χ2v) is 9.80. The minimum absolute atomic E-state index is 0.118. The first kappa shape index (κ1) is 15.5. The van der Waals surface area contributed by atoms with Crippen molar-refractivity contribution in [2.24, 2.45) is 34.5 Å². The Labute approximate surface area is 143 Å². The lowest BCUT2D eigenvalue weighted by atomic mass is 9.47. The minimum Gasteiger partial charge on any atom is -0.393 e. The zero-order chi connectivity index (χ0) is 16.9. The lowest BCUT2D eigenvalue weighted by Gasteiger charge is -2.57. The maximum atomic E-state index is 15.6. The summed E-state index contributed by atoms with van der Waals surface area (Å²) >= 11 is 0. The first-order valence-corrected chi connectivity index (χ1v) is 9.88. The molecular weight excluding hydrogens is 303 g/mol. The molecule has 132 valence electrons. The van der Waals surface area contributed by atoms with Crippen molar-refractivity contribution in [3.05, 3.63) is 11.1 Å². The van der Waals surface area contributed by atoms with Crippen molar-refractivity contribution in [2.45, 2.75) is 70.9 Å². The number of Topliss-reactive ketones (excluding diaryl/α,β-unsaturated/α-hetero) is 1. The third-order valence-corrected chi connectivity index (χ3v) is 9.14. The molecule has 5 aliphatic rings. The topological polar surface area (TPSA) is 37.3 Å². The highest BCUT2D eigenvalue weighted by atomic mass is 19.1. The summed E-state index contributed by atoms with van der Waals surface area (Å²) in [5, 5.41) is 9.82. The molecule has 0 aromatic carbocycles. The van der Waals surface area contributed by atoms with Gasteiger partial charge in [-0.2, -0.15) is 0 Å². The van der Waals surface area contributed by atoms with Crippen LogP contribution in [0.4, 0.5) is 4.39 Å². The van der Waals surface area contributed by atoms with Crippen molar-refractivity contribution >= 4 is 5.78 Å². The number of carbonyl (C=O) groups excluding carboxylic acids is 1. The fourth-order valence-corrected chi connectivity index (χ4v) is 8.12. The van der Waals surface area contributed by atoms with Crippen LogP contribution in [-0.4, -0.2) is 23.2 Å². The molecule has 3 heteroatoms. The number of halogens is 1. The van der Waals surface area contributed by atoms with E-state index in [1.54, 1.807) is 5.57 Å². The molecular formula is C21H29FO2. The van der Waals surface area contributed by atoms with E-state index in [9.17, 15) is 9.90 Å². The molecule has 3 saturated carbocycles. The number of aliphatic hydroxyl groups is 1. The summed E-state index contributed by atoms with van der Waals surface area (Å²) < 4.78 is 15.6. The van der Waals surface area contributed by atoms with E-state index in [1.165, 1.54) is 12.0 Å². The van der Waals surface area contributed by atoms with Gasteiger partial charge >= 0.3 is 0 Å². The molecule has 5 aliphatic carbocycles. The van der Waals surface area contributed by atoms with Crippen LogP contribution in [0, 0.1) is 34.5 Å². The van der Waals surface area contributed by atoms with Gasteiger partial charge in [0.1, 0.15) is 11.5 Å². The molecule has 0 saturated heterocycles. The third-order valence-electron chi connectivity index (χ3n) is 9.14. The summed E-state index contributed by atoms with van der Waals surface area (Å²) in [6, 6.07) is 0. The second-order valence-electron chi connectivity index (χ2n) is 9.80. The molecule has 0 amide bonds. The van der Waals surface area contributed by atoms with Gasteiger partial charge in [-0.1, -0.05) is 25.0 Å². The molecule has 0 bridgehead atoms. The van der Waals surface area contributed by atoms with Gasteiger partial charge < -0.3 is 5.11 Å². The molecule has 24 heavy (non-hydrogen) atoms. The number of rotatable bonds is 1. The van der Waals surface area contributed by atoms with Crippen LogP contribution in [-0.2, 0) is 4.79 Å². The van der Waals surface area contributed by atoms with E-state index in [0.29, 0.717) is 48.7 Å². The number of ketones is 1. The van der Waals surface area contributed by atoms with Crippen molar-refractivity contribution < 1.29 is 14.3 Å². The smallest absolute Gasteiger partial charge is 0.140 e. The summed E-state index contributed by atoms with van der Waals surface area (Å²) in [6.45, 7) is 4.18. The number of hydrogen-bond acceptors (Lipinski definition) is 2. The van der Waals surface area contributed by atoms with Crippen LogP contribution in [0.5, 0.6) is 0 Å². The third kappa shape index (κ3) is 1.55. The van der Waals surface area contributed by atoms with E-state index in [2.05, 4.69) is 13.8 Å². The molecule has 0 radical (unpaired) electrons. The van der Waals surface area contributed by atoms with Crippen molar-refractivity contribution in [2.75, 3.05) is 6.61 Å². The van der Waals surface area contributed by atoms with Gasteiger partial charge in [0.05, 0.1) is 6.61 Å². The Hall–Kier alpha value is -0.700. The van der Waals surface area contributed by atoms with E-state index < -0.39 is 5.67 Å². The lowest BCUT2D eigenvalue weighted by molar-refractivity contribution is -0.123. The van der Waals surface area contributed by atoms with Crippen LogP contribution in [0.25, 0.3) is 0 Å². The Balaban J connectivity index is 1.58. The number of hydrogen-bond donors (Lipinski definition) is 1. The van der Waals surface area contributed by atoms with Gasteiger partial charge in [0.15, 0.2) is 0 Å². The van der Waals surface area contributed by atoms with Gasteiger partial charge in [-0.25, -0.2) is 4.39 Å². The monoisotopic (exact) mass is 332 g/mol. The fraction of sp³-hybridized carbons (Fsp3) is 0.857. The van der Waals surface area contributed by atoms with E-state index in [4.69, 9.17) is 0 Å². The SMILES string of the molecule is CC1CC2=C(CCC(=O)C2)[C@H]2CC[C@]3(C)C(F)(CO)CC4C[C@@]43[C@H]12. The molecule has 7 atom stereocenters. The first-order valence-electron chi connectivity index (χ1n) is 9.88. The molecule has 5 rings (SSSR count). The largest absolute Gasteiger partial charge is 0.393 e. The fourth-order valence-electron chi connectivity index (χ4n) is 8.12. The zero-order valence-corrected chi connectivity index (χ0v) is 14.9. The summed E-state index contributed by atoms with van der Waals surface area (Å²) in [6.07, 6.45) is 7.10. The predicted octanol–water partition coefficient (Wildman–Crippen LogP) is 4.22. The van der Waals surface area contributed by atoms with Crippen LogP contribution >= 0.6 is 0 Å². The highest BCUT2D eigenvalue weighted by Crippen LogP contribution is 2.84. The Bertz CT molecular complexity index is 654. The quantitative estimate of drug-likeness (QED) is 0.730. The average Bonchev–Trinajstić information content (AvgIpc) is 3.19. The number of allylic oxidation sites excluding steroid dienone is 2. The van der Waals surface area contributed by atoms with Crippen molar-refractivity contribution in [1.82, 2.24) is 0 Å². The molecule has 1 N–H and O–H groups in total. The number of aliphatic hydroxyl groups excluding tert-OH is 1. The lowest BCUT2D eigenvalue weighted by Crippen LogP contribution is -2.55. The maximum Gasteiger partial charge on any atom is 0.140 e. The van der Waals surface area contributed by atoms with E-state index in [0.717, 1.165) is 25.7 Å². The molecule has 1 spiro atoms. The maximum absolute atomic E-state index is 15.6. The van der Waals surface area contributed by atoms with Gasteiger partial charge in [0.25, 0.3) is 0 Å². The Kier molecular flexibility index (Phi) is 2.93. The van der Waals surface area contributed by atoms with Gasteiger partial charge in [0.2, 0.25) is 0 Å². The highest BCUT2D eigenvalue weighted by Gasteiger charge is 2.82. The van der Waals surface area contributed by atoms with E-state index in [1.807, 2.05) is 0 Å². The average molecular weight is 332 g/mol. The molecule has 0 heterocycles. The molecule has 0 aromatic rings. The molecule has 3 unspecified atom stereocenters. The van der Waals surface area contributed by atoms with Gasteiger partial charge in [-0.15, -0.1) is 0 Å². The van der Waals surface area contributed by atoms with Crippen LogP contribution < -0.4 is 0 Å². The summed E-state index contributed by atoms with van der Waals surface area (Å²) in [7, 11) is 0. The van der Waals surface area contributed by atoms with Gasteiger partial charge in [-0.3, -0.25) is 4.79 Å².